The predicted octanol–water partition coefficient (Wildman–Crippen LogP) is 3.28. The van der Waals surface area contributed by atoms with Crippen LogP contribution in [0, 0.1) is 6.92 Å². The minimum absolute atomic E-state index is 0.166. The molecule has 0 spiro atoms. The molecular formula is C22H20N4O5. The molecule has 4 rings (SSSR count). The number of nitrogens with zero attached hydrogens (tertiary/aromatic N) is 3. The maximum atomic E-state index is 12.4. The number of hydrogen-bond acceptors (Lipinski definition) is 7. The quantitative estimate of drug-likeness (QED) is 0.457. The number of benzene rings is 2. The summed E-state index contributed by atoms with van der Waals surface area (Å²) in [4.78, 5) is 31.1. The summed E-state index contributed by atoms with van der Waals surface area (Å²) in [5, 5.41) is 3.94. The molecule has 0 aliphatic carbocycles. The minimum Gasteiger partial charge on any atom is -0.493 e. The summed E-state index contributed by atoms with van der Waals surface area (Å²) in [7, 11) is 0. The lowest BCUT2D eigenvalue weighted by Gasteiger charge is -2.06. The van der Waals surface area contributed by atoms with E-state index >= 15 is 0 Å². The molecule has 0 unspecified atom stereocenters. The van der Waals surface area contributed by atoms with Crippen LogP contribution in [-0.4, -0.2) is 32.3 Å². The number of ether oxygens (including phenoxy) is 2. The Morgan fingerprint density at radius 1 is 1.16 bits per heavy atom. The minimum atomic E-state index is -0.542. The highest BCUT2D eigenvalue weighted by molar-refractivity contribution is 5.89. The number of aromatic nitrogens is 4. The van der Waals surface area contributed by atoms with E-state index in [9.17, 15) is 9.59 Å². The SMILES string of the molecule is CCOc1ccccc1-c1noc(COC(=O)c2ccc(-n3c(C)c[nH]c3=O)cc2)n1. The Bertz CT molecular complexity index is 1250. The summed E-state index contributed by atoms with van der Waals surface area (Å²) in [6.07, 6.45) is 1.62. The van der Waals surface area contributed by atoms with Crippen molar-refractivity contribution in [2.75, 3.05) is 6.61 Å². The van der Waals surface area contributed by atoms with Crippen molar-refractivity contribution in [3.8, 4) is 22.8 Å². The van der Waals surface area contributed by atoms with E-state index in [2.05, 4.69) is 15.1 Å². The lowest BCUT2D eigenvalue weighted by atomic mass is 10.2. The summed E-state index contributed by atoms with van der Waals surface area (Å²) >= 11 is 0. The molecule has 0 bridgehead atoms. The fourth-order valence-corrected chi connectivity index (χ4v) is 3.09. The van der Waals surface area contributed by atoms with Gasteiger partial charge < -0.3 is 19.0 Å². The zero-order valence-corrected chi connectivity index (χ0v) is 17.0. The molecule has 1 N–H and O–H groups in total. The van der Waals surface area contributed by atoms with Gasteiger partial charge in [-0.25, -0.2) is 9.59 Å². The molecule has 2 aromatic carbocycles. The van der Waals surface area contributed by atoms with Gasteiger partial charge in [0.2, 0.25) is 5.82 Å². The van der Waals surface area contributed by atoms with E-state index in [1.807, 2.05) is 38.1 Å². The van der Waals surface area contributed by atoms with Crippen molar-refractivity contribution in [2.45, 2.75) is 20.5 Å². The number of H-pyrrole nitrogens is 1. The largest absolute Gasteiger partial charge is 0.493 e. The van der Waals surface area contributed by atoms with Crippen LogP contribution in [0.4, 0.5) is 0 Å². The number of carbonyl (C=O) groups is 1. The number of imidazole rings is 1. The Kier molecular flexibility index (Phi) is 5.65. The van der Waals surface area contributed by atoms with E-state index in [0.29, 0.717) is 35.0 Å². The van der Waals surface area contributed by atoms with Gasteiger partial charge in [-0.1, -0.05) is 17.3 Å². The average Bonchev–Trinajstić information content (AvgIpc) is 3.39. The third-order valence-electron chi connectivity index (χ3n) is 4.54. The molecule has 9 nitrogen and oxygen atoms in total. The van der Waals surface area contributed by atoms with Crippen LogP contribution in [0.15, 0.2) is 64.0 Å². The number of rotatable bonds is 7. The van der Waals surface area contributed by atoms with Crippen molar-refractivity contribution in [1.29, 1.82) is 0 Å². The standard InChI is InChI=1S/C22H20N4O5/c1-3-29-18-7-5-4-6-17(18)20-24-19(31-25-20)13-30-21(27)15-8-10-16(11-9-15)26-14(2)12-23-22(26)28/h4-12H,3,13H2,1-2H3,(H,23,28). The summed E-state index contributed by atoms with van der Waals surface area (Å²) < 4.78 is 17.6. The van der Waals surface area contributed by atoms with Crippen LogP contribution in [0.25, 0.3) is 17.1 Å². The van der Waals surface area contributed by atoms with Crippen molar-refractivity contribution in [3.05, 3.63) is 82.4 Å². The molecule has 2 aromatic heterocycles. The molecule has 0 saturated carbocycles. The molecule has 2 heterocycles. The smallest absolute Gasteiger partial charge is 0.338 e. The second kappa shape index (κ2) is 8.70. The Morgan fingerprint density at radius 2 is 1.94 bits per heavy atom. The van der Waals surface area contributed by atoms with Gasteiger partial charge in [0.05, 0.1) is 23.4 Å². The first kappa shape index (κ1) is 20.1. The molecule has 0 aliphatic rings. The highest BCUT2D eigenvalue weighted by Crippen LogP contribution is 2.27. The van der Waals surface area contributed by atoms with E-state index < -0.39 is 5.97 Å². The zero-order chi connectivity index (χ0) is 21.8. The normalized spacial score (nSPS) is 10.8. The maximum absolute atomic E-state index is 12.4. The van der Waals surface area contributed by atoms with E-state index in [1.165, 1.54) is 4.57 Å². The van der Waals surface area contributed by atoms with Gasteiger partial charge in [0.15, 0.2) is 6.61 Å². The van der Waals surface area contributed by atoms with Gasteiger partial charge in [-0.05, 0) is 50.2 Å². The second-order valence-corrected chi connectivity index (χ2v) is 6.63. The molecule has 0 radical (unpaired) electrons. The third kappa shape index (κ3) is 4.25. The number of aryl methyl sites for hydroxylation is 1. The molecule has 0 amide bonds. The van der Waals surface area contributed by atoms with Crippen molar-refractivity contribution in [3.63, 3.8) is 0 Å². The highest BCUT2D eigenvalue weighted by atomic mass is 16.6. The Balaban J connectivity index is 1.42. The maximum Gasteiger partial charge on any atom is 0.338 e. The number of esters is 1. The van der Waals surface area contributed by atoms with Crippen molar-refractivity contribution < 1.29 is 18.8 Å². The van der Waals surface area contributed by atoms with Crippen molar-refractivity contribution in [1.82, 2.24) is 19.7 Å². The van der Waals surface area contributed by atoms with E-state index in [0.717, 1.165) is 5.69 Å². The van der Waals surface area contributed by atoms with Gasteiger partial charge in [-0.15, -0.1) is 0 Å². The first-order valence-electron chi connectivity index (χ1n) is 9.66. The van der Waals surface area contributed by atoms with Crippen LogP contribution in [0.2, 0.25) is 0 Å². The van der Waals surface area contributed by atoms with Crippen LogP contribution in [0.3, 0.4) is 0 Å². The highest BCUT2D eigenvalue weighted by Gasteiger charge is 2.15. The zero-order valence-electron chi connectivity index (χ0n) is 17.0. The van der Waals surface area contributed by atoms with Crippen LogP contribution >= 0.6 is 0 Å². The average molecular weight is 420 g/mol. The lowest BCUT2D eigenvalue weighted by Crippen LogP contribution is -2.16. The molecule has 4 aromatic rings. The monoisotopic (exact) mass is 420 g/mol. The first-order chi connectivity index (χ1) is 15.1. The summed E-state index contributed by atoms with van der Waals surface area (Å²) in [5.41, 5.74) is 2.20. The van der Waals surface area contributed by atoms with Crippen molar-refractivity contribution in [2.24, 2.45) is 0 Å². The van der Waals surface area contributed by atoms with Gasteiger partial charge in [0, 0.05) is 11.9 Å². The molecule has 0 fully saturated rings. The Labute approximate surface area is 177 Å². The molecule has 0 saturated heterocycles. The van der Waals surface area contributed by atoms with Gasteiger partial charge in [-0.2, -0.15) is 4.98 Å². The summed E-state index contributed by atoms with van der Waals surface area (Å²) in [6, 6.07) is 13.9. The van der Waals surface area contributed by atoms with Crippen LogP contribution in [0.1, 0.15) is 28.9 Å². The van der Waals surface area contributed by atoms with Gasteiger partial charge >= 0.3 is 11.7 Å². The molecule has 0 atom stereocenters. The number of nitrogens with one attached hydrogen (secondary N) is 1. The Hall–Kier alpha value is -4.14. The van der Waals surface area contributed by atoms with Gasteiger partial charge in [0.1, 0.15) is 5.75 Å². The van der Waals surface area contributed by atoms with Crippen LogP contribution < -0.4 is 10.4 Å². The second-order valence-electron chi connectivity index (χ2n) is 6.63. The number of hydrogen-bond donors (Lipinski definition) is 1. The third-order valence-corrected chi connectivity index (χ3v) is 4.54. The number of para-hydroxylation sites is 1. The first-order valence-corrected chi connectivity index (χ1v) is 9.66. The van der Waals surface area contributed by atoms with Crippen LogP contribution in [0.5, 0.6) is 5.75 Å². The fourth-order valence-electron chi connectivity index (χ4n) is 3.09. The van der Waals surface area contributed by atoms with Gasteiger partial charge in [0.25, 0.3) is 5.89 Å². The molecule has 158 valence electrons. The summed E-state index contributed by atoms with van der Waals surface area (Å²) in [6.45, 7) is 4.05. The van der Waals surface area contributed by atoms with E-state index in [4.69, 9.17) is 14.0 Å². The Morgan fingerprint density at radius 3 is 2.65 bits per heavy atom. The topological polar surface area (TPSA) is 112 Å². The van der Waals surface area contributed by atoms with Crippen molar-refractivity contribution >= 4 is 5.97 Å². The summed E-state index contributed by atoms with van der Waals surface area (Å²) in [5.74, 6) is 0.623. The number of carbonyl (C=O) groups excluding carboxylic acids is 1. The fraction of sp³-hybridized carbons (Fsp3) is 0.182. The van der Waals surface area contributed by atoms with Gasteiger partial charge in [-0.3, -0.25) is 4.57 Å². The molecule has 31 heavy (non-hydrogen) atoms. The molecule has 0 aliphatic heterocycles. The van der Waals surface area contributed by atoms with E-state index in [-0.39, 0.29) is 18.2 Å². The van der Waals surface area contributed by atoms with Crippen LogP contribution in [-0.2, 0) is 11.3 Å². The predicted molar refractivity (Wildman–Crippen MR) is 111 cm³/mol. The lowest BCUT2D eigenvalue weighted by molar-refractivity contribution is 0.0430. The van der Waals surface area contributed by atoms with E-state index in [1.54, 1.807) is 30.5 Å². The molecule has 9 heteroatoms. The molecular weight excluding hydrogens is 400 g/mol. The number of aromatic amines is 1.